The van der Waals surface area contributed by atoms with Gasteiger partial charge < -0.3 is 15.5 Å². The normalized spacial score (nSPS) is 16.2. The Bertz CT molecular complexity index is 906. The Kier molecular flexibility index (Phi) is 7.69. The number of nitrogens with zero attached hydrogens (tertiary/aromatic N) is 1. The van der Waals surface area contributed by atoms with E-state index in [4.69, 9.17) is 11.6 Å². The molecular formula is C23H27ClFN3O2. The van der Waals surface area contributed by atoms with Gasteiger partial charge in [-0.1, -0.05) is 29.8 Å². The highest BCUT2D eigenvalue weighted by atomic mass is 35.5. The molecule has 2 aromatic carbocycles. The molecule has 30 heavy (non-hydrogen) atoms. The topological polar surface area (TPSA) is 61.4 Å². The number of amides is 3. The molecule has 3 rings (SSSR count). The van der Waals surface area contributed by atoms with Crippen LogP contribution in [0.25, 0.3) is 0 Å². The molecule has 1 heterocycles. The Balaban J connectivity index is 1.43. The van der Waals surface area contributed by atoms with E-state index in [2.05, 4.69) is 10.6 Å². The summed E-state index contributed by atoms with van der Waals surface area (Å²) in [5, 5.41) is 6.09. The summed E-state index contributed by atoms with van der Waals surface area (Å²) < 4.78 is 13.1. The third-order valence-electron chi connectivity index (χ3n) is 5.35. The van der Waals surface area contributed by atoms with E-state index in [1.165, 1.54) is 12.1 Å². The average molecular weight is 432 g/mol. The molecule has 2 N–H and O–H groups in total. The van der Waals surface area contributed by atoms with E-state index in [-0.39, 0.29) is 18.5 Å². The lowest BCUT2D eigenvalue weighted by molar-refractivity contribution is -0.121. The van der Waals surface area contributed by atoms with Gasteiger partial charge in [-0.3, -0.25) is 4.79 Å². The van der Waals surface area contributed by atoms with Gasteiger partial charge in [-0.05, 0) is 67.5 Å². The molecule has 1 aliphatic heterocycles. The van der Waals surface area contributed by atoms with Crippen LogP contribution < -0.4 is 10.6 Å². The molecule has 0 saturated carbocycles. The van der Waals surface area contributed by atoms with Crippen molar-refractivity contribution in [3.63, 3.8) is 0 Å². The molecule has 0 spiro atoms. The summed E-state index contributed by atoms with van der Waals surface area (Å²) >= 11 is 5.99. The molecule has 0 aromatic heterocycles. The van der Waals surface area contributed by atoms with Crippen molar-refractivity contribution < 1.29 is 14.0 Å². The van der Waals surface area contributed by atoms with Crippen LogP contribution in [0.3, 0.4) is 0 Å². The number of hydrogen-bond acceptors (Lipinski definition) is 2. The number of piperidine rings is 1. The van der Waals surface area contributed by atoms with E-state index in [0.717, 1.165) is 37.1 Å². The standard InChI is InChI=1S/C23H27ClFN3O2/c1-16-4-2-6-20(12-16)27-23(30)28-11-3-5-17(15-28)7-10-22(29)26-14-18-8-9-19(25)13-21(18)24/h2,4,6,8-9,12-13,17H,3,5,7,10-11,14-15H2,1H3,(H,26,29)(H,27,30)/t17-/m0/s1. The molecule has 1 saturated heterocycles. The largest absolute Gasteiger partial charge is 0.352 e. The van der Waals surface area contributed by atoms with Crippen LogP contribution in [0.2, 0.25) is 5.02 Å². The van der Waals surface area contributed by atoms with Gasteiger partial charge in [0.05, 0.1) is 0 Å². The first-order valence-electron chi connectivity index (χ1n) is 10.2. The van der Waals surface area contributed by atoms with Gasteiger partial charge in [0.1, 0.15) is 5.82 Å². The van der Waals surface area contributed by atoms with Gasteiger partial charge in [-0.2, -0.15) is 0 Å². The molecule has 2 aromatic rings. The average Bonchev–Trinajstić information content (AvgIpc) is 2.72. The molecule has 160 valence electrons. The van der Waals surface area contributed by atoms with Gasteiger partial charge >= 0.3 is 6.03 Å². The summed E-state index contributed by atoms with van der Waals surface area (Å²) in [7, 11) is 0. The van der Waals surface area contributed by atoms with Gasteiger partial charge in [0, 0.05) is 36.8 Å². The molecule has 0 radical (unpaired) electrons. The molecule has 5 nitrogen and oxygen atoms in total. The van der Waals surface area contributed by atoms with E-state index in [0.29, 0.717) is 29.5 Å². The van der Waals surface area contributed by atoms with Crippen molar-refractivity contribution in [3.05, 3.63) is 64.4 Å². The zero-order valence-corrected chi connectivity index (χ0v) is 17.8. The van der Waals surface area contributed by atoms with Crippen molar-refractivity contribution in [2.75, 3.05) is 18.4 Å². The van der Waals surface area contributed by atoms with Crippen molar-refractivity contribution in [2.45, 2.75) is 39.2 Å². The van der Waals surface area contributed by atoms with Gasteiger partial charge in [-0.25, -0.2) is 9.18 Å². The number of anilines is 1. The summed E-state index contributed by atoms with van der Waals surface area (Å²) in [6.07, 6.45) is 3.04. The fourth-order valence-electron chi connectivity index (χ4n) is 3.69. The third kappa shape index (κ3) is 6.46. The molecule has 1 aliphatic rings. The highest BCUT2D eigenvalue weighted by Crippen LogP contribution is 2.22. The van der Waals surface area contributed by atoms with Gasteiger partial charge in [0.25, 0.3) is 0 Å². The second kappa shape index (κ2) is 10.4. The van der Waals surface area contributed by atoms with Gasteiger partial charge in [0.2, 0.25) is 5.91 Å². The van der Waals surface area contributed by atoms with E-state index < -0.39 is 5.82 Å². The Labute approximate surface area is 181 Å². The van der Waals surface area contributed by atoms with Crippen LogP contribution in [-0.2, 0) is 11.3 Å². The maximum Gasteiger partial charge on any atom is 0.321 e. The first-order chi connectivity index (χ1) is 14.4. The van der Waals surface area contributed by atoms with E-state index in [1.54, 1.807) is 6.07 Å². The Morgan fingerprint density at radius 1 is 1.23 bits per heavy atom. The van der Waals surface area contributed by atoms with Crippen molar-refractivity contribution >= 4 is 29.2 Å². The lowest BCUT2D eigenvalue weighted by Crippen LogP contribution is -2.42. The quantitative estimate of drug-likeness (QED) is 0.666. The fourth-order valence-corrected chi connectivity index (χ4v) is 3.93. The van der Waals surface area contributed by atoms with Crippen LogP contribution in [-0.4, -0.2) is 29.9 Å². The third-order valence-corrected chi connectivity index (χ3v) is 5.70. The van der Waals surface area contributed by atoms with Crippen molar-refractivity contribution in [2.24, 2.45) is 5.92 Å². The number of carbonyl (C=O) groups is 2. The zero-order chi connectivity index (χ0) is 21.5. The monoisotopic (exact) mass is 431 g/mol. The number of benzene rings is 2. The maximum absolute atomic E-state index is 13.1. The van der Waals surface area contributed by atoms with Crippen molar-refractivity contribution in [1.29, 1.82) is 0 Å². The SMILES string of the molecule is Cc1cccc(NC(=O)N2CCC[C@@H](CCC(=O)NCc3ccc(F)cc3Cl)C2)c1. The van der Waals surface area contributed by atoms with Crippen LogP contribution >= 0.6 is 11.6 Å². The van der Waals surface area contributed by atoms with Crippen LogP contribution in [0.1, 0.15) is 36.8 Å². The van der Waals surface area contributed by atoms with Crippen molar-refractivity contribution in [1.82, 2.24) is 10.2 Å². The predicted molar refractivity (Wildman–Crippen MR) is 117 cm³/mol. The molecule has 7 heteroatoms. The molecule has 0 bridgehead atoms. The second-order valence-corrected chi connectivity index (χ2v) is 8.21. The summed E-state index contributed by atoms with van der Waals surface area (Å²) in [6, 6.07) is 11.8. The second-order valence-electron chi connectivity index (χ2n) is 7.81. The lowest BCUT2D eigenvalue weighted by atomic mass is 9.93. The van der Waals surface area contributed by atoms with Crippen LogP contribution in [0.4, 0.5) is 14.9 Å². The van der Waals surface area contributed by atoms with Crippen LogP contribution in [0.15, 0.2) is 42.5 Å². The molecule has 3 amide bonds. The zero-order valence-electron chi connectivity index (χ0n) is 17.1. The summed E-state index contributed by atoms with van der Waals surface area (Å²) in [5.74, 6) is -0.178. The molecule has 1 atom stereocenters. The highest BCUT2D eigenvalue weighted by Gasteiger charge is 2.24. The lowest BCUT2D eigenvalue weighted by Gasteiger charge is -2.32. The first-order valence-corrected chi connectivity index (χ1v) is 10.6. The number of aryl methyl sites for hydroxylation is 1. The number of rotatable bonds is 6. The first kappa shape index (κ1) is 22.1. The summed E-state index contributed by atoms with van der Waals surface area (Å²) in [5.41, 5.74) is 2.57. The smallest absolute Gasteiger partial charge is 0.321 e. The Morgan fingerprint density at radius 3 is 2.83 bits per heavy atom. The van der Waals surface area contributed by atoms with E-state index in [1.807, 2.05) is 36.1 Å². The highest BCUT2D eigenvalue weighted by molar-refractivity contribution is 6.31. The predicted octanol–water partition coefficient (Wildman–Crippen LogP) is 5.13. The minimum Gasteiger partial charge on any atom is -0.352 e. The molecule has 1 fully saturated rings. The number of halogens is 2. The molecular weight excluding hydrogens is 405 g/mol. The molecule has 0 unspecified atom stereocenters. The number of urea groups is 1. The number of likely N-dealkylation sites (tertiary alicyclic amines) is 1. The van der Waals surface area contributed by atoms with Crippen LogP contribution in [0.5, 0.6) is 0 Å². The number of hydrogen-bond donors (Lipinski definition) is 2. The minimum atomic E-state index is -0.400. The molecule has 0 aliphatic carbocycles. The summed E-state index contributed by atoms with van der Waals surface area (Å²) in [4.78, 5) is 26.6. The Hall–Kier alpha value is -2.60. The number of nitrogens with one attached hydrogen (secondary N) is 2. The fraction of sp³-hybridized carbons (Fsp3) is 0.391. The van der Waals surface area contributed by atoms with Gasteiger partial charge in [-0.15, -0.1) is 0 Å². The maximum atomic E-state index is 13.1. The Morgan fingerprint density at radius 2 is 2.07 bits per heavy atom. The summed E-state index contributed by atoms with van der Waals surface area (Å²) in [6.45, 7) is 3.63. The van der Waals surface area contributed by atoms with E-state index in [9.17, 15) is 14.0 Å². The van der Waals surface area contributed by atoms with E-state index >= 15 is 0 Å². The minimum absolute atomic E-state index is 0.0725. The van der Waals surface area contributed by atoms with Gasteiger partial charge in [0.15, 0.2) is 0 Å². The van der Waals surface area contributed by atoms with Crippen LogP contribution in [0, 0.1) is 18.7 Å². The van der Waals surface area contributed by atoms with Crippen molar-refractivity contribution in [3.8, 4) is 0 Å². The number of carbonyl (C=O) groups excluding carboxylic acids is 2.